The zero-order valence-electron chi connectivity index (χ0n) is 6.92. The normalized spacial score (nSPS) is 12.3. The van der Waals surface area contributed by atoms with Crippen LogP contribution in [0.25, 0.3) is 6.08 Å². The number of halogens is 4. The minimum absolute atomic E-state index is 0.0761. The first kappa shape index (κ1) is 10.6. The molecule has 0 heterocycles. The Bertz CT molecular complexity index is 359. The van der Waals surface area contributed by atoms with Crippen molar-refractivity contribution in [3.05, 3.63) is 35.6 Å². The molecular weight excluding hydrogens is 199 g/mol. The van der Waals surface area contributed by atoms with Gasteiger partial charge in [-0.15, -0.1) is 5.98 Å². The van der Waals surface area contributed by atoms with E-state index in [1.165, 1.54) is 0 Å². The van der Waals surface area contributed by atoms with Gasteiger partial charge in [-0.3, -0.25) is 0 Å². The van der Waals surface area contributed by atoms with E-state index >= 15 is 0 Å². The fourth-order valence-corrected chi connectivity index (χ4v) is 0.854. The summed E-state index contributed by atoms with van der Waals surface area (Å²) >= 11 is 0. The van der Waals surface area contributed by atoms with Crippen LogP contribution in [0.15, 0.2) is 24.2 Å². The summed E-state index contributed by atoms with van der Waals surface area (Å²) < 4.78 is 47.8. The molecule has 0 aliphatic heterocycles. The molecule has 0 amide bonds. The van der Waals surface area contributed by atoms with Crippen molar-refractivity contribution in [3.63, 3.8) is 0 Å². The Morgan fingerprint density at radius 3 is 2.36 bits per heavy atom. The highest BCUT2D eigenvalue weighted by Gasteiger charge is 2.16. The van der Waals surface area contributed by atoms with Crippen LogP contribution in [-0.4, -0.2) is 12.1 Å². The van der Waals surface area contributed by atoms with Crippen molar-refractivity contribution >= 4 is 13.1 Å². The quantitative estimate of drug-likeness (QED) is 0.581. The van der Waals surface area contributed by atoms with Gasteiger partial charge in [0.05, 0.1) is 0 Å². The molecule has 0 radical (unpaired) electrons. The van der Waals surface area contributed by atoms with Gasteiger partial charge in [-0.25, -0.2) is 4.39 Å². The molecule has 0 fully saturated rings. The van der Waals surface area contributed by atoms with Crippen molar-refractivity contribution in [1.29, 1.82) is 0 Å². The highest BCUT2D eigenvalue weighted by Crippen LogP contribution is 2.19. The Morgan fingerprint density at radius 1 is 1.21 bits per heavy atom. The van der Waals surface area contributed by atoms with Crippen molar-refractivity contribution in [2.75, 3.05) is 0 Å². The van der Waals surface area contributed by atoms with Crippen molar-refractivity contribution in [3.8, 4) is 5.75 Å². The van der Waals surface area contributed by atoms with Gasteiger partial charge in [0.25, 0.3) is 0 Å². The van der Waals surface area contributed by atoms with Crippen LogP contribution in [0.4, 0.5) is 17.3 Å². The van der Waals surface area contributed by atoms with Gasteiger partial charge < -0.3 is 18.1 Å². The first-order chi connectivity index (χ1) is 6.38. The van der Waals surface area contributed by atoms with Crippen LogP contribution < -0.4 is 0 Å². The lowest BCUT2D eigenvalue weighted by atomic mass is 9.90. The van der Waals surface area contributed by atoms with Crippen LogP contribution in [0.1, 0.15) is 5.56 Å². The third-order valence-electron chi connectivity index (χ3n) is 1.48. The minimum atomic E-state index is -5.00. The van der Waals surface area contributed by atoms with Gasteiger partial charge in [0, 0.05) is 0 Å². The molecule has 0 spiro atoms. The molecule has 0 unspecified atom stereocenters. The molecule has 14 heavy (non-hydrogen) atoms. The van der Waals surface area contributed by atoms with E-state index in [1.807, 2.05) is 0 Å². The molecule has 1 aromatic rings. The average Bonchev–Trinajstić information content (AvgIpc) is 2.06. The Balaban J connectivity index is 2.89. The Morgan fingerprint density at radius 2 is 1.86 bits per heavy atom. The second-order valence-corrected chi connectivity index (χ2v) is 2.70. The summed E-state index contributed by atoms with van der Waals surface area (Å²) in [7, 11) is 0. The molecule has 0 bridgehead atoms. The number of phenols is 1. The summed E-state index contributed by atoms with van der Waals surface area (Å²) in [6, 6.07) is 2.97. The van der Waals surface area contributed by atoms with Crippen LogP contribution in [0.5, 0.6) is 5.75 Å². The van der Waals surface area contributed by atoms with E-state index in [0.29, 0.717) is 0 Å². The van der Waals surface area contributed by atoms with E-state index in [-0.39, 0.29) is 11.5 Å². The third-order valence-corrected chi connectivity index (χ3v) is 1.48. The number of benzene rings is 1. The number of rotatable bonds is 2. The molecule has 6 heteroatoms. The Hall–Kier alpha value is -1.46. The maximum absolute atomic E-state index is 12.5. The van der Waals surface area contributed by atoms with E-state index < -0.39 is 18.5 Å². The van der Waals surface area contributed by atoms with Gasteiger partial charge >= 0.3 is 6.98 Å². The molecule has 76 valence electrons. The number of hydrogen-bond acceptors (Lipinski definition) is 1. The Labute approximate surface area is 77.7 Å². The maximum Gasteiger partial charge on any atom is 0.502 e. The summed E-state index contributed by atoms with van der Waals surface area (Å²) in [6.07, 6.45) is 0.777. The predicted octanol–water partition coefficient (Wildman–Crippen LogP) is 2.93. The predicted molar refractivity (Wildman–Crippen MR) is 46.2 cm³/mol. The highest BCUT2D eigenvalue weighted by atomic mass is 19.4. The van der Waals surface area contributed by atoms with Crippen molar-refractivity contribution in [1.82, 2.24) is 0 Å². The van der Waals surface area contributed by atoms with E-state index in [4.69, 9.17) is 5.11 Å². The van der Waals surface area contributed by atoms with Crippen molar-refractivity contribution in [2.45, 2.75) is 0 Å². The molecule has 0 atom stereocenters. The largest absolute Gasteiger partial charge is 0.505 e. The van der Waals surface area contributed by atoms with Gasteiger partial charge in [-0.05, 0) is 17.7 Å². The molecule has 0 saturated heterocycles. The highest BCUT2D eigenvalue weighted by molar-refractivity contribution is 6.64. The SMILES string of the molecule is Oc1cc(/C=C/[B-](F)(F)F)ccc1F. The van der Waals surface area contributed by atoms with Crippen LogP contribution in [0.3, 0.4) is 0 Å². The third kappa shape index (κ3) is 3.12. The number of aromatic hydroxyl groups is 1. The molecule has 1 N–H and O–H groups in total. The van der Waals surface area contributed by atoms with Gasteiger partial charge in [0.15, 0.2) is 11.6 Å². The van der Waals surface area contributed by atoms with Gasteiger partial charge in [-0.2, -0.15) is 0 Å². The molecule has 0 aliphatic carbocycles. The first-order valence-corrected chi connectivity index (χ1v) is 3.76. The summed E-state index contributed by atoms with van der Waals surface area (Å²) in [5, 5.41) is 8.84. The van der Waals surface area contributed by atoms with Crippen LogP contribution in [0, 0.1) is 5.82 Å². The van der Waals surface area contributed by atoms with Crippen LogP contribution >= 0.6 is 0 Å². The summed E-state index contributed by atoms with van der Waals surface area (Å²) in [5.41, 5.74) is 0.100. The zero-order chi connectivity index (χ0) is 10.8. The van der Waals surface area contributed by atoms with Gasteiger partial charge in [0.2, 0.25) is 0 Å². The lowest BCUT2D eigenvalue weighted by Crippen LogP contribution is -2.09. The molecule has 1 rings (SSSR count). The summed E-state index contributed by atoms with van der Waals surface area (Å²) in [4.78, 5) is 0. The van der Waals surface area contributed by atoms with E-state index in [1.54, 1.807) is 0 Å². The summed E-state index contributed by atoms with van der Waals surface area (Å²) in [5.74, 6) is -1.45. The minimum Gasteiger partial charge on any atom is -0.505 e. The number of hydrogen-bond donors (Lipinski definition) is 1. The Kier molecular flexibility index (Phi) is 2.83. The molecule has 1 aromatic carbocycles. The monoisotopic (exact) mass is 205 g/mol. The van der Waals surface area contributed by atoms with Gasteiger partial charge in [0.1, 0.15) is 0 Å². The second-order valence-electron chi connectivity index (χ2n) is 2.70. The van der Waals surface area contributed by atoms with Crippen LogP contribution in [-0.2, 0) is 0 Å². The van der Waals surface area contributed by atoms with Crippen LogP contribution in [0.2, 0.25) is 0 Å². The topological polar surface area (TPSA) is 20.2 Å². The maximum atomic E-state index is 12.5. The van der Waals surface area contributed by atoms with E-state index in [2.05, 4.69) is 0 Å². The lowest BCUT2D eigenvalue weighted by Gasteiger charge is -2.06. The first-order valence-electron chi connectivity index (χ1n) is 3.76. The van der Waals surface area contributed by atoms with E-state index in [9.17, 15) is 17.3 Å². The fraction of sp³-hybridized carbons (Fsp3) is 0. The lowest BCUT2D eigenvalue weighted by molar-refractivity contribution is 0.432. The molecular formula is C8H6BF4O-. The fourth-order valence-electron chi connectivity index (χ4n) is 0.854. The second kappa shape index (κ2) is 3.73. The number of phenolic OH excluding ortho intramolecular Hbond substituents is 1. The zero-order valence-corrected chi connectivity index (χ0v) is 6.92. The van der Waals surface area contributed by atoms with Crippen molar-refractivity contribution < 1.29 is 22.4 Å². The molecule has 0 aromatic heterocycles. The smallest absolute Gasteiger partial charge is 0.502 e. The average molecular weight is 205 g/mol. The summed E-state index contributed by atoms with van der Waals surface area (Å²) in [6.45, 7) is -5.00. The molecule has 1 nitrogen and oxygen atoms in total. The van der Waals surface area contributed by atoms with E-state index in [0.717, 1.165) is 24.3 Å². The van der Waals surface area contributed by atoms with Crippen molar-refractivity contribution in [2.24, 2.45) is 0 Å². The molecule has 0 saturated carbocycles. The molecule has 0 aliphatic rings. The van der Waals surface area contributed by atoms with Gasteiger partial charge in [-0.1, -0.05) is 12.1 Å². The standard InChI is InChI=1S/C8H6BF4O/c10-7-2-1-6(5-8(7)14)3-4-9(11,12)13/h1-5,14H/q-1/b4-3+.